The van der Waals surface area contributed by atoms with Gasteiger partial charge in [-0.15, -0.1) is 0 Å². The van der Waals surface area contributed by atoms with Crippen LogP contribution >= 0.6 is 0 Å². The van der Waals surface area contributed by atoms with Gasteiger partial charge in [0.25, 0.3) is 10.0 Å². The van der Waals surface area contributed by atoms with Crippen LogP contribution in [0.2, 0.25) is 0 Å². The Morgan fingerprint density at radius 2 is 1.78 bits per heavy atom. The number of anilines is 2. The summed E-state index contributed by atoms with van der Waals surface area (Å²) in [5.74, 6) is 0.00849. The summed E-state index contributed by atoms with van der Waals surface area (Å²) >= 11 is 0. The lowest BCUT2D eigenvalue weighted by atomic mass is 10.1. The third kappa shape index (κ3) is 2.82. The summed E-state index contributed by atoms with van der Waals surface area (Å²) in [6, 6.07) is 10.2. The summed E-state index contributed by atoms with van der Waals surface area (Å²) in [6.45, 7) is 3.82. The van der Waals surface area contributed by atoms with Crippen molar-refractivity contribution in [1.82, 2.24) is 0 Å². The number of hydrogen-bond acceptors (Lipinski definition) is 3. The number of likely N-dealkylation sites (N-methyl/N-ethyl adjacent to an activating group) is 1. The standard InChI is InChI=1S/C17H18N2O3S/c1-11-4-6-15(8-12(11)2)23(21,22)18-14-5-7-16-13(9-14)10-17(20)19(16)3/h4-9,18H,10H2,1-3H3. The zero-order valence-corrected chi connectivity index (χ0v) is 14.1. The van der Waals surface area contributed by atoms with Gasteiger partial charge in [-0.1, -0.05) is 6.07 Å². The number of nitrogens with zero attached hydrogens (tertiary/aromatic N) is 1. The molecule has 0 spiro atoms. The Bertz CT molecular complexity index is 904. The van der Waals surface area contributed by atoms with E-state index < -0.39 is 10.0 Å². The Morgan fingerprint density at radius 3 is 2.48 bits per heavy atom. The molecule has 1 aliphatic rings. The minimum absolute atomic E-state index is 0.00849. The summed E-state index contributed by atoms with van der Waals surface area (Å²) in [5.41, 5.74) is 4.09. The third-order valence-corrected chi connectivity index (χ3v) is 5.58. The van der Waals surface area contributed by atoms with Crippen LogP contribution in [0.3, 0.4) is 0 Å². The largest absolute Gasteiger partial charge is 0.315 e. The number of amides is 1. The van der Waals surface area contributed by atoms with E-state index in [1.165, 1.54) is 0 Å². The van der Waals surface area contributed by atoms with Crippen molar-refractivity contribution in [2.24, 2.45) is 0 Å². The molecule has 6 heteroatoms. The highest BCUT2D eigenvalue weighted by atomic mass is 32.2. The fourth-order valence-corrected chi connectivity index (χ4v) is 3.76. The van der Waals surface area contributed by atoms with E-state index in [0.29, 0.717) is 12.1 Å². The maximum atomic E-state index is 12.5. The van der Waals surface area contributed by atoms with Gasteiger partial charge in [0.05, 0.1) is 11.3 Å². The van der Waals surface area contributed by atoms with Crippen LogP contribution in [0.5, 0.6) is 0 Å². The minimum Gasteiger partial charge on any atom is -0.315 e. The van der Waals surface area contributed by atoms with E-state index in [4.69, 9.17) is 0 Å². The van der Waals surface area contributed by atoms with Crippen LogP contribution in [0.1, 0.15) is 16.7 Å². The molecule has 2 aromatic rings. The summed E-state index contributed by atoms with van der Waals surface area (Å²) in [5, 5.41) is 0. The van der Waals surface area contributed by atoms with Gasteiger partial charge in [-0.05, 0) is 60.9 Å². The molecule has 0 bridgehead atoms. The molecule has 0 saturated carbocycles. The molecule has 0 saturated heterocycles. The molecule has 1 heterocycles. The topological polar surface area (TPSA) is 66.5 Å². The van der Waals surface area contributed by atoms with Gasteiger partial charge in [-0.3, -0.25) is 9.52 Å². The number of nitrogens with one attached hydrogen (secondary N) is 1. The van der Waals surface area contributed by atoms with Crippen molar-refractivity contribution >= 4 is 27.3 Å². The van der Waals surface area contributed by atoms with Crippen LogP contribution in [0.4, 0.5) is 11.4 Å². The van der Waals surface area contributed by atoms with E-state index in [1.54, 1.807) is 48.3 Å². The van der Waals surface area contributed by atoms with Crippen LogP contribution in [0, 0.1) is 13.8 Å². The van der Waals surface area contributed by atoms with Crippen LogP contribution in [-0.4, -0.2) is 21.4 Å². The Morgan fingerprint density at radius 1 is 1.04 bits per heavy atom. The van der Waals surface area contributed by atoms with E-state index in [0.717, 1.165) is 22.4 Å². The van der Waals surface area contributed by atoms with E-state index in [-0.39, 0.29) is 10.8 Å². The lowest BCUT2D eigenvalue weighted by molar-refractivity contribution is -0.117. The molecular weight excluding hydrogens is 312 g/mol. The van der Waals surface area contributed by atoms with Gasteiger partial charge in [-0.25, -0.2) is 8.42 Å². The molecule has 3 rings (SSSR count). The molecule has 0 aromatic heterocycles. The molecule has 0 radical (unpaired) electrons. The van der Waals surface area contributed by atoms with Gasteiger partial charge in [0.1, 0.15) is 0 Å². The third-order valence-electron chi connectivity index (χ3n) is 4.20. The van der Waals surface area contributed by atoms with Crippen molar-refractivity contribution in [3.8, 4) is 0 Å². The highest BCUT2D eigenvalue weighted by Crippen LogP contribution is 2.30. The smallest absolute Gasteiger partial charge is 0.261 e. The summed E-state index contributed by atoms with van der Waals surface area (Å²) < 4.78 is 27.6. The molecular formula is C17H18N2O3S. The summed E-state index contributed by atoms with van der Waals surface area (Å²) in [6.07, 6.45) is 0.297. The molecule has 23 heavy (non-hydrogen) atoms. The Balaban J connectivity index is 1.91. The molecule has 5 nitrogen and oxygen atoms in total. The maximum absolute atomic E-state index is 12.5. The first-order chi connectivity index (χ1) is 10.8. The molecule has 1 aliphatic heterocycles. The second-order valence-corrected chi connectivity index (χ2v) is 7.51. The summed E-state index contributed by atoms with van der Waals surface area (Å²) in [7, 11) is -1.93. The van der Waals surface area contributed by atoms with Crippen molar-refractivity contribution in [2.45, 2.75) is 25.2 Å². The monoisotopic (exact) mass is 330 g/mol. The quantitative estimate of drug-likeness (QED) is 0.941. The van der Waals surface area contributed by atoms with Gasteiger partial charge in [0.15, 0.2) is 0 Å². The van der Waals surface area contributed by atoms with Gasteiger partial charge < -0.3 is 4.90 Å². The highest BCUT2D eigenvalue weighted by Gasteiger charge is 2.24. The zero-order chi connectivity index (χ0) is 16.8. The number of sulfonamides is 1. The number of rotatable bonds is 3. The van der Waals surface area contributed by atoms with Crippen molar-refractivity contribution in [3.05, 3.63) is 53.1 Å². The Kier molecular flexibility index (Phi) is 3.64. The predicted octanol–water partition coefficient (Wildman–Crippen LogP) is 2.62. The minimum atomic E-state index is -3.65. The second-order valence-electron chi connectivity index (χ2n) is 5.82. The van der Waals surface area contributed by atoms with Crippen molar-refractivity contribution in [2.75, 3.05) is 16.7 Å². The number of aryl methyl sites for hydroxylation is 2. The fourth-order valence-electron chi connectivity index (χ4n) is 2.63. The van der Waals surface area contributed by atoms with E-state index in [1.807, 2.05) is 13.8 Å². The van der Waals surface area contributed by atoms with Gasteiger partial charge in [-0.2, -0.15) is 0 Å². The first-order valence-electron chi connectivity index (χ1n) is 7.27. The molecule has 2 aromatic carbocycles. The molecule has 0 unspecified atom stereocenters. The summed E-state index contributed by atoms with van der Waals surface area (Å²) in [4.78, 5) is 13.5. The highest BCUT2D eigenvalue weighted by molar-refractivity contribution is 7.92. The van der Waals surface area contributed by atoms with Crippen LogP contribution in [-0.2, 0) is 21.2 Å². The Hall–Kier alpha value is -2.34. The van der Waals surface area contributed by atoms with Crippen LogP contribution < -0.4 is 9.62 Å². The van der Waals surface area contributed by atoms with Crippen molar-refractivity contribution in [1.29, 1.82) is 0 Å². The zero-order valence-electron chi connectivity index (χ0n) is 13.3. The lowest BCUT2D eigenvalue weighted by Crippen LogP contribution is -2.20. The van der Waals surface area contributed by atoms with Gasteiger partial charge in [0, 0.05) is 18.4 Å². The van der Waals surface area contributed by atoms with Crippen LogP contribution in [0.15, 0.2) is 41.3 Å². The molecule has 0 atom stereocenters. The average molecular weight is 330 g/mol. The normalized spacial score (nSPS) is 14.0. The van der Waals surface area contributed by atoms with Crippen molar-refractivity contribution < 1.29 is 13.2 Å². The first kappa shape index (κ1) is 15.6. The maximum Gasteiger partial charge on any atom is 0.261 e. The molecule has 120 valence electrons. The molecule has 0 aliphatic carbocycles. The fraction of sp³-hybridized carbons (Fsp3) is 0.235. The SMILES string of the molecule is Cc1ccc(S(=O)(=O)Nc2ccc3c(c2)CC(=O)N3C)cc1C. The van der Waals surface area contributed by atoms with E-state index >= 15 is 0 Å². The van der Waals surface area contributed by atoms with Gasteiger partial charge in [0.2, 0.25) is 5.91 Å². The second kappa shape index (κ2) is 5.38. The lowest BCUT2D eigenvalue weighted by Gasteiger charge is -2.12. The van der Waals surface area contributed by atoms with Crippen LogP contribution in [0.25, 0.3) is 0 Å². The van der Waals surface area contributed by atoms with E-state index in [2.05, 4.69) is 4.72 Å². The van der Waals surface area contributed by atoms with E-state index in [9.17, 15) is 13.2 Å². The number of benzene rings is 2. The van der Waals surface area contributed by atoms with Gasteiger partial charge >= 0.3 is 0 Å². The molecule has 1 N–H and O–H groups in total. The predicted molar refractivity (Wildman–Crippen MR) is 90.3 cm³/mol. The number of carbonyl (C=O) groups is 1. The number of fused-ring (bicyclic) bond motifs is 1. The number of hydrogen-bond donors (Lipinski definition) is 1. The van der Waals surface area contributed by atoms with Crippen molar-refractivity contribution in [3.63, 3.8) is 0 Å². The molecule has 0 fully saturated rings. The Labute approximate surface area is 136 Å². The molecule has 1 amide bonds. The number of carbonyl (C=O) groups excluding carboxylic acids is 1. The average Bonchev–Trinajstić information content (AvgIpc) is 2.76. The first-order valence-corrected chi connectivity index (χ1v) is 8.76.